The Morgan fingerprint density at radius 3 is 2.24 bits per heavy atom. The summed E-state index contributed by atoms with van der Waals surface area (Å²) in [7, 11) is -7.49. The molecule has 14 heteroatoms. The smallest absolute Gasteiger partial charge is 0.378 e. The molecule has 2 saturated heterocycles. The van der Waals surface area contributed by atoms with Gasteiger partial charge >= 0.3 is 6.18 Å². The molecule has 0 bridgehead atoms. The SMILES string of the molecule is C=CS(=O)(=O)NC[C@H]1CCN(S(=O)(=O)c2ccc(C(Cc3ccc(C(F)(F)F)cc3)C(=O)N3CCOCC3)cc2)C1. The standard InChI is InChI=1S/C27H32F3N3O6S2/c1-2-40(35,36)31-18-21-11-12-33(19-21)41(37,38)24-9-5-22(6-10-24)25(26(34)32-13-15-39-16-14-32)17-20-3-7-23(8-4-20)27(28,29)30/h2-10,21,25,31H,1,11-19H2/t21-,25?/m1/s1. The van der Waals surface area contributed by atoms with Gasteiger partial charge in [-0.15, -0.1) is 0 Å². The van der Waals surface area contributed by atoms with Crippen LogP contribution in [0.5, 0.6) is 0 Å². The first-order valence-corrected chi connectivity index (χ1v) is 16.0. The van der Waals surface area contributed by atoms with E-state index in [4.69, 9.17) is 4.74 Å². The molecule has 0 saturated carbocycles. The van der Waals surface area contributed by atoms with E-state index >= 15 is 0 Å². The van der Waals surface area contributed by atoms with Crippen molar-refractivity contribution < 1.29 is 39.5 Å². The van der Waals surface area contributed by atoms with Gasteiger partial charge in [-0.3, -0.25) is 4.79 Å². The normalized spacial score (nSPS) is 19.7. The number of rotatable bonds is 10. The van der Waals surface area contributed by atoms with Crippen LogP contribution in [0.2, 0.25) is 0 Å². The molecule has 0 spiro atoms. The van der Waals surface area contributed by atoms with Crippen LogP contribution in [0.4, 0.5) is 13.2 Å². The highest BCUT2D eigenvalue weighted by Crippen LogP contribution is 2.31. The van der Waals surface area contributed by atoms with Gasteiger partial charge in [-0.2, -0.15) is 17.5 Å². The van der Waals surface area contributed by atoms with E-state index in [1.165, 1.54) is 28.6 Å². The number of benzene rings is 2. The molecule has 2 atom stereocenters. The molecule has 2 aliphatic rings. The third-order valence-electron chi connectivity index (χ3n) is 7.30. The van der Waals surface area contributed by atoms with Crippen molar-refractivity contribution in [3.63, 3.8) is 0 Å². The maximum atomic E-state index is 13.5. The van der Waals surface area contributed by atoms with Gasteiger partial charge in [0.05, 0.1) is 29.6 Å². The molecule has 4 rings (SSSR count). The number of nitrogens with zero attached hydrogens (tertiary/aromatic N) is 2. The predicted molar refractivity (Wildman–Crippen MR) is 146 cm³/mol. The number of alkyl halides is 3. The first kappa shape index (κ1) is 31.2. The molecule has 2 aromatic rings. The minimum absolute atomic E-state index is 0.0284. The summed E-state index contributed by atoms with van der Waals surface area (Å²) in [5, 5.41) is 0.798. The van der Waals surface area contributed by atoms with Crippen molar-refractivity contribution in [3.8, 4) is 0 Å². The average molecular weight is 616 g/mol. The molecule has 0 aromatic heterocycles. The molecular weight excluding hydrogens is 583 g/mol. The zero-order valence-electron chi connectivity index (χ0n) is 22.2. The van der Waals surface area contributed by atoms with Crippen LogP contribution in [0.15, 0.2) is 65.4 Å². The Kier molecular flexibility index (Phi) is 9.59. The van der Waals surface area contributed by atoms with Gasteiger partial charge in [0.2, 0.25) is 26.0 Å². The second kappa shape index (κ2) is 12.6. The Labute approximate surface area is 238 Å². The highest BCUT2D eigenvalue weighted by Gasteiger charge is 2.34. The van der Waals surface area contributed by atoms with Gasteiger partial charge in [0.15, 0.2) is 0 Å². The number of ether oxygens (including phenoxy) is 1. The molecule has 2 heterocycles. The van der Waals surface area contributed by atoms with Gasteiger partial charge < -0.3 is 9.64 Å². The largest absolute Gasteiger partial charge is 0.416 e. The van der Waals surface area contributed by atoms with Crippen LogP contribution in [-0.4, -0.2) is 77.9 Å². The Hall–Kier alpha value is -2.78. The zero-order valence-corrected chi connectivity index (χ0v) is 23.8. The van der Waals surface area contributed by atoms with Gasteiger partial charge in [0.25, 0.3) is 0 Å². The van der Waals surface area contributed by atoms with Crippen LogP contribution < -0.4 is 4.72 Å². The zero-order chi connectivity index (χ0) is 29.8. The van der Waals surface area contributed by atoms with Gasteiger partial charge in [-0.05, 0) is 54.2 Å². The lowest BCUT2D eigenvalue weighted by atomic mass is 9.90. The van der Waals surface area contributed by atoms with Crippen LogP contribution in [0.1, 0.15) is 29.0 Å². The molecule has 9 nitrogen and oxygen atoms in total. The number of morpholine rings is 1. The molecule has 224 valence electrons. The van der Waals surface area contributed by atoms with Crippen molar-refractivity contribution in [2.24, 2.45) is 5.92 Å². The van der Waals surface area contributed by atoms with Gasteiger partial charge in [0.1, 0.15) is 0 Å². The molecule has 0 aliphatic carbocycles. The minimum Gasteiger partial charge on any atom is -0.378 e. The first-order valence-electron chi connectivity index (χ1n) is 13.0. The highest BCUT2D eigenvalue weighted by molar-refractivity contribution is 7.92. The van der Waals surface area contributed by atoms with E-state index in [-0.39, 0.29) is 42.8 Å². The summed E-state index contributed by atoms with van der Waals surface area (Å²) < 4.78 is 97.9. The van der Waals surface area contributed by atoms with E-state index in [0.717, 1.165) is 17.5 Å². The summed E-state index contributed by atoms with van der Waals surface area (Å²) in [5.74, 6) is -1.15. The Morgan fingerprint density at radius 2 is 1.66 bits per heavy atom. The number of amides is 1. The van der Waals surface area contributed by atoms with Gasteiger partial charge in [-0.25, -0.2) is 21.6 Å². The number of nitrogens with one attached hydrogen (secondary N) is 1. The number of hydrogen-bond acceptors (Lipinski definition) is 6. The van der Waals surface area contributed by atoms with E-state index in [9.17, 15) is 34.8 Å². The summed E-state index contributed by atoms with van der Waals surface area (Å²) in [6, 6.07) is 10.6. The maximum absolute atomic E-state index is 13.5. The van der Waals surface area contributed by atoms with Crippen LogP contribution in [-0.2, 0) is 42.2 Å². The lowest BCUT2D eigenvalue weighted by Gasteiger charge is -2.31. The topological polar surface area (TPSA) is 113 Å². The van der Waals surface area contributed by atoms with Crippen LogP contribution in [0, 0.1) is 5.92 Å². The van der Waals surface area contributed by atoms with Crippen molar-refractivity contribution in [1.29, 1.82) is 0 Å². The maximum Gasteiger partial charge on any atom is 0.416 e. The van der Waals surface area contributed by atoms with E-state index < -0.39 is 37.7 Å². The summed E-state index contributed by atoms with van der Waals surface area (Å²) in [6.45, 7) is 5.23. The lowest BCUT2D eigenvalue weighted by Crippen LogP contribution is -2.43. The first-order chi connectivity index (χ1) is 19.3. The van der Waals surface area contributed by atoms with E-state index in [1.807, 2.05) is 0 Å². The third-order valence-corrected chi connectivity index (χ3v) is 10.2. The van der Waals surface area contributed by atoms with E-state index in [0.29, 0.717) is 43.9 Å². The third kappa shape index (κ3) is 7.74. The molecular formula is C27H32F3N3O6S2. The van der Waals surface area contributed by atoms with Gasteiger partial charge in [-0.1, -0.05) is 30.8 Å². The quantitative estimate of drug-likeness (QED) is 0.440. The molecule has 41 heavy (non-hydrogen) atoms. The average Bonchev–Trinajstić information content (AvgIpc) is 3.45. The molecule has 2 aromatic carbocycles. The van der Waals surface area contributed by atoms with E-state index in [1.54, 1.807) is 17.0 Å². The molecule has 1 amide bonds. The number of halogens is 3. The molecule has 2 aliphatic heterocycles. The number of hydrogen-bond donors (Lipinski definition) is 1. The Bertz CT molecular complexity index is 1440. The Morgan fingerprint density at radius 1 is 1.02 bits per heavy atom. The van der Waals surface area contributed by atoms with Crippen molar-refractivity contribution in [3.05, 3.63) is 77.2 Å². The number of carbonyl (C=O) groups is 1. The summed E-state index contributed by atoms with van der Waals surface area (Å²) in [5.41, 5.74) is 0.295. The molecule has 1 unspecified atom stereocenters. The van der Waals surface area contributed by atoms with Crippen LogP contribution in [0.25, 0.3) is 0 Å². The van der Waals surface area contributed by atoms with E-state index in [2.05, 4.69) is 11.3 Å². The predicted octanol–water partition coefficient (Wildman–Crippen LogP) is 2.96. The number of sulfonamides is 2. The Balaban J connectivity index is 1.52. The molecule has 2 fully saturated rings. The van der Waals surface area contributed by atoms with Crippen molar-refractivity contribution in [2.45, 2.75) is 29.8 Å². The van der Waals surface area contributed by atoms with Gasteiger partial charge in [0, 0.05) is 38.1 Å². The highest BCUT2D eigenvalue weighted by atomic mass is 32.2. The minimum atomic E-state index is -4.47. The summed E-state index contributed by atoms with van der Waals surface area (Å²) in [6.07, 6.45) is -3.85. The fourth-order valence-corrected chi connectivity index (χ4v) is 7.03. The fourth-order valence-electron chi connectivity index (χ4n) is 4.91. The van der Waals surface area contributed by atoms with Crippen LogP contribution in [0.3, 0.4) is 0 Å². The lowest BCUT2D eigenvalue weighted by molar-refractivity contribution is -0.138. The fraction of sp³-hybridized carbons (Fsp3) is 0.444. The summed E-state index contributed by atoms with van der Waals surface area (Å²) in [4.78, 5) is 15.2. The monoisotopic (exact) mass is 615 g/mol. The van der Waals surface area contributed by atoms with Crippen molar-refractivity contribution in [2.75, 3.05) is 45.9 Å². The summed E-state index contributed by atoms with van der Waals surface area (Å²) >= 11 is 0. The second-order valence-electron chi connectivity index (χ2n) is 10.0. The van der Waals surface area contributed by atoms with Crippen molar-refractivity contribution >= 4 is 26.0 Å². The molecule has 1 N–H and O–H groups in total. The second-order valence-corrected chi connectivity index (χ2v) is 13.7. The number of carbonyl (C=O) groups excluding carboxylic acids is 1. The van der Waals surface area contributed by atoms with Crippen molar-refractivity contribution in [1.82, 2.24) is 13.9 Å². The molecule has 0 radical (unpaired) electrons. The van der Waals surface area contributed by atoms with Crippen LogP contribution >= 0.6 is 0 Å².